The van der Waals surface area contributed by atoms with E-state index in [-0.39, 0.29) is 17.9 Å². The van der Waals surface area contributed by atoms with Gasteiger partial charge in [-0.05, 0) is 74.6 Å². The molecule has 2 amide bonds. The number of carbonyl (C=O) groups is 2. The minimum absolute atomic E-state index is 0.0608. The summed E-state index contributed by atoms with van der Waals surface area (Å²) in [5, 5.41) is 0. The van der Waals surface area contributed by atoms with Gasteiger partial charge in [-0.25, -0.2) is 4.90 Å². The number of piperidine rings is 1. The predicted molar refractivity (Wildman–Crippen MR) is 125 cm³/mol. The molecule has 0 spiro atoms. The highest BCUT2D eigenvalue weighted by atomic mass is 16.5. The fraction of sp³-hybridized carbons (Fsp3) is 0.385. The van der Waals surface area contributed by atoms with Gasteiger partial charge in [0.2, 0.25) is 0 Å². The molecule has 6 nitrogen and oxygen atoms in total. The van der Waals surface area contributed by atoms with Gasteiger partial charge in [0.1, 0.15) is 17.2 Å². The van der Waals surface area contributed by atoms with Crippen molar-refractivity contribution in [1.29, 1.82) is 0 Å². The van der Waals surface area contributed by atoms with Crippen LogP contribution in [0.3, 0.4) is 0 Å². The van der Waals surface area contributed by atoms with Crippen molar-refractivity contribution in [3.05, 3.63) is 59.8 Å². The van der Waals surface area contributed by atoms with Gasteiger partial charge in [0.25, 0.3) is 11.8 Å². The molecule has 1 fully saturated rings. The van der Waals surface area contributed by atoms with E-state index in [1.807, 2.05) is 38.1 Å². The molecule has 2 aliphatic rings. The lowest BCUT2D eigenvalue weighted by Gasteiger charge is -2.33. The van der Waals surface area contributed by atoms with E-state index in [1.165, 1.54) is 4.90 Å². The molecule has 1 saturated heterocycles. The van der Waals surface area contributed by atoms with Crippen LogP contribution in [0.5, 0.6) is 11.5 Å². The summed E-state index contributed by atoms with van der Waals surface area (Å²) < 4.78 is 11.0. The molecule has 6 heteroatoms. The lowest BCUT2D eigenvalue weighted by Crippen LogP contribution is -2.39. The van der Waals surface area contributed by atoms with Gasteiger partial charge in [0.15, 0.2) is 0 Å². The topological polar surface area (TPSA) is 59.1 Å². The minimum Gasteiger partial charge on any atom is -0.497 e. The molecule has 32 heavy (non-hydrogen) atoms. The summed E-state index contributed by atoms with van der Waals surface area (Å²) in [7, 11) is 1.59. The van der Waals surface area contributed by atoms with Gasteiger partial charge < -0.3 is 14.4 Å². The van der Waals surface area contributed by atoms with Gasteiger partial charge in [-0.1, -0.05) is 19.1 Å². The Hall–Kier alpha value is -3.28. The summed E-state index contributed by atoms with van der Waals surface area (Å²) in [5.74, 6) is 1.31. The molecule has 4 rings (SSSR count). The van der Waals surface area contributed by atoms with Crippen LogP contribution < -0.4 is 14.4 Å². The summed E-state index contributed by atoms with van der Waals surface area (Å²) in [6, 6.07) is 14.4. The highest BCUT2D eigenvalue weighted by molar-refractivity contribution is 6.45. The van der Waals surface area contributed by atoms with E-state index in [2.05, 4.69) is 11.8 Å². The second kappa shape index (κ2) is 9.07. The molecule has 0 radical (unpaired) electrons. The van der Waals surface area contributed by atoms with Gasteiger partial charge in [-0.15, -0.1) is 0 Å². The van der Waals surface area contributed by atoms with Crippen molar-refractivity contribution in [2.75, 3.05) is 25.1 Å². The number of nitrogens with zero attached hydrogens (tertiary/aromatic N) is 2. The van der Waals surface area contributed by atoms with Gasteiger partial charge in [-0.2, -0.15) is 0 Å². The largest absolute Gasteiger partial charge is 0.497 e. The molecular weight excluding hydrogens is 404 g/mol. The van der Waals surface area contributed by atoms with Crippen molar-refractivity contribution in [1.82, 2.24) is 4.90 Å². The van der Waals surface area contributed by atoms with E-state index in [0.29, 0.717) is 28.6 Å². The average molecular weight is 435 g/mol. The number of hydrogen-bond acceptors (Lipinski definition) is 5. The molecular formula is C26H30N2O4. The van der Waals surface area contributed by atoms with Crippen LogP contribution in [-0.4, -0.2) is 43.0 Å². The molecule has 2 heterocycles. The minimum atomic E-state index is -0.300. The van der Waals surface area contributed by atoms with Crippen LogP contribution in [0.1, 0.15) is 39.2 Å². The molecule has 0 saturated carbocycles. The maximum atomic E-state index is 13.6. The third-order valence-electron chi connectivity index (χ3n) is 5.88. The monoisotopic (exact) mass is 434 g/mol. The Bertz CT molecular complexity index is 1020. The van der Waals surface area contributed by atoms with Crippen molar-refractivity contribution >= 4 is 23.1 Å². The van der Waals surface area contributed by atoms with Crippen LogP contribution in [-0.2, 0) is 9.59 Å². The van der Waals surface area contributed by atoms with Gasteiger partial charge in [-0.3, -0.25) is 9.59 Å². The van der Waals surface area contributed by atoms with Crippen molar-refractivity contribution in [3.63, 3.8) is 0 Å². The molecule has 1 atom stereocenters. The number of anilines is 1. The van der Waals surface area contributed by atoms with Crippen LogP contribution in [0, 0.1) is 5.92 Å². The quantitative estimate of drug-likeness (QED) is 0.627. The number of amides is 2. The van der Waals surface area contributed by atoms with E-state index in [0.717, 1.165) is 37.2 Å². The summed E-state index contributed by atoms with van der Waals surface area (Å²) in [4.78, 5) is 30.6. The molecule has 0 aliphatic carbocycles. The van der Waals surface area contributed by atoms with E-state index >= 15 is 0 Å². The van der Waals surface area contributed by atoms with E-state index in [1.54, 1.807) is 31.4 Å². The summed E-state index contributed by atoms with van der Waals surface area (Å²) in [5.41, 5.74) is 2.22. The molecule has 2 aromatic carbocycles. The van der Waals surface area contributed by atoms with Gasteiger partial charge in [0, 0.05) is 13.1 Å². The Morgan fingerprint density at radius 2 is 1.59 bits per heavy atom. The Labute approximate surface area is 189 Å². The first kappa shape index (κ1) is 21.9. The van der Waals surface area contributed by atoms with Crippen LogP contribution in [0.15, 0.2) is 54.2 Å². The number of carbonyl (C=O) groups excluding carboxylic acids is 2. The van der Waals surface area contributed by atoms with E-state index < -0.39 is 0 Å². The Morgan fingerprint density at radius 1 is 0.938 bits per heavy atom. The maximum Gasteiger partial charge on any atom is 0.282 e. The number of likely N-dealkylation sites (tertiary alicyclic amines) is 1. The molecule has 0 bridgehead atoms. The second-order valence-corrected chi connectivity index (χ2v) is 8.75. The van der Waals surface area contributed by atoms with Crippen LogP contribution >= 0.6 is 0 Å². The zero-order valence-electron chi connectivity index (χ0n) is 19.1. The fourth-order valence-electron chi connectivity index (χ4n) is 4.40. The number of rotatable bonds is 6. The smallest absolute Gasteiger partial charge is 0.282 e. The maximum absolute atomic E-state index is 13.6. The SMILES string of the molecule is COc1ccc(N2C(=O)C(c3ccc(OC(C)C)cc3)=C(N3CCCC(C)C3)C2=O)cc1. The Morgan fingerprint density at radius 3 is 2.19 bits per heavy atom. The number of methoxy groups -OCH3 is 1. The molecule has 0 N–H and O–H groups in total. The zero-order valence-corrected chi connectivity index (χ0v) is 19.1. The normalized spacial score (nSPS) is 19.2. The molecule has 2 aromatic rings. The van der Waals surface area contributed by atoms with Crippen molar-refractivity contribution in [2.45, 2.75) is 39.7 Å². The summed E-state index contributed by atoms with van der Waals surface area (Å²) in [6.45, 7) is 7.67. The number of benzene rings is 2. The van der Waals surface area contributed by atoms with Gasteiger partial charge >= 0.3 is 0 Å². The summed E-state index contributed by atoms with van der Waals surface area (Å²) in [6.07, 6.45) is 2.19. The Balaban J connectivity index is 1.75. The first-order valence-corrected chi connectivity index (χ1v) is 11.2. The molecule has 2 aliphatic heterocycles. The first-order chi connectivity index (χ1) is 15.4. The number of hydrogen-bond donors (Lipinski definition) is 0. The average Bonchev–Trinajstić information content (AvgIpc) is 3.04. The van der Waals surface area contributed by atoms with Crippen LogP contribution in [0.2, 0.25) is 0 Å². The van der Waals surface area contributed by atoms with E-state index in [4.69, 9.17) is 9.47 Å². The predicted octanol–water partition coefficient (Wildman–Crippen LogP) is 4.50. The Kier molecular flexibility index (Phi) is 6.21. The molecule has 168 valence electrons. The van der Waals surface area contributed by atoms with Crippen molar-refractivity contribution in [3.8, 4) is 11.5 Å². The lowest BCUT2D eigenvalue weighted by molar-refractivity contribution is -0.120. The highest BCUT2D eigenvalue weighted by Crippen LogP contribution is 2.37. The van der Waals surface area contributed by atoms with Gasteiger partial charge in [0.05, 0.1) is 24.5 Å². The molecule has 1 unspecified atom stereocenters. The fourth-order valence-corrected chi connectivity index (χ4v) is 4.40. The second-order valence-electron chi connectivity index (χ2n) is 8.75. The van der Waals surface area contributed by atoms with Crippen molar-refractivity contribution < 1.29 is 19.1 Å². The lowest BCUT2D eigenvalue weighted by atomic mass is 9.97. The van der Waals surface area contributed by atoms with Crippen molar-refractivity contribution in [2.24, 2.45) is 5.92 Å². The molecule has 0 aromatic heterocycles. The first-order valence-electron chi connectivity index (χ1n) is 11.2. The zero-order chi connectivity index (χ0) is 22.8. The number of imide groups is 1. The standard InChI is InChI=1S/C26H30N2O4/c1-17(2)32-22-11-7-19(8-12-22)23-24(27-15-5-6-18(3)16-27)26(30)28(25(23)29)20-9-13-21(31-4)14-10-20/h7-14,17-18H,5-6,15-16H2,1-4H3. The highest BCUT2D eigenvalue weighted by Gasteiger charge is 2.43. The van der Waals surface area contributed by atoms with Crippen LogP contribution in [0.4, 0.5) is 5.69 Å². The third kappa shape index (κ3) is 4.22. The third-order valence-corrected chi connectivity index (χ3v) is 5.88. The number of ether oxygens (including phenoxy) is 2. The summed E-state index contributed by atoms with van der Waals surface area (Å²) >= 11 is 0. The van der Waals surface area contributed by atoms with E-state index in [9.17, 15) is 9.59 Å². The van der Waals surface area contributed by atoms with Crippen LogP contribution in [0.25, 0.3) is 5.57 Å².